The predicted molar refractivity (Wildman–Crippen MR) is 163 cm³/mol. The molecule has 3 aromatic rings. The van der Waals surface area contributed by atoms with Crippen LogP contribution in [-0.2, 0) is 17.7 Å². The minimum Gasteiger partial charge on any atom is -0.495 e. The quantitative estimate of drug-likeness (QED) is 0.296. The fourth-order valence-corrected chi connectivity index (χ4v) is 5.19. The maximum absolute atomic E-state index is 6.50. The van der Waals surface area contributed by atoms with E-state index < -0.39 is 8.15 Å². The van der Waals surface area contributed by atoms with Gasteiger partial charge in [0.1, 0.15) is 28.4 Å². The van der Waals surface area contributed by atoms with Crippen molar-refractivity contribution in [2.75, 3.05) is 57.9 Å². The Bertz CT molecular complexity index is 1290. The molecule has 12 heteroatoms. The lowest BCUT2D eigenvalue weighted by molar-refractivity contribution is 0.141. The molecule has 1 saturated heterocycles. The Labute approximate surface area is 239 Å². The van der Waals surface area contributed by atoms with Gasteiger partial charge in [-0.05, 0) is 62.2 Å². The monoisotopic (exact) mass is 591 g/mol. The van der Waals surface area contributed by atoms with Gasteiger partial charge in [-0.3, -0.25) is 0 Å². The molecule has 3 heterocycles. The normalized spacial score (nSPS) is 16.8. The Balaban J connectivity index is 0.00000353. The van der Waals surface area contributed by atoms with E-state index in [1.54, 1.807) is 13.3 Å². The van der Waals surface area contributed by atoms with Crippen LogP contribution < -0.4 is 24.6 Å². The topological polar surface area (TPSA) is 90.0 Å². The Hall–Kier alpha value is -2.41. The average molecular weight is 592 g/mol. The highest BCUT2D eigenvalue weighted by atomic mass is 35.5. The fraction of sp³-hybridized carbons (Fsp3) is 0.407. The lowest BCUT2D eigenvalue weighted by Crippen LogP contribution is -2.26. The van der Waals surface area contributed by atoms with Crippen molar-refractivity contribution in [3.8, 4) is 17.2 Å². The van der Waals surface area contributed by atoms with E-state index in [2.05, 4.69) is 44.7 Å². The highest BCUT2D eigenvalue weighted by molar-refractivity contribution is 7.51. The summed E-state index contributed by atoms with van der Waals surface area (Å²) in [6, 6.07) is 9.92. The van der Waals surface area contributed by atoms with Gasteiger partial charge in [0.15, 0.2) is 5.82 Å². The van der Waals surface area contributed by atoms with E-state index in [-0.39, 0.29) is 16.0 Å². The number of halogens is 1. The van der Waals surface area contributed by atoms with Crippen LogP contribution in [0.3, 0.4) is 0 Å². The summed E-state index contributed by atoms with van der Waals surface area (Å²) in [5.74, 6) is 3.01. The molecule has 0 amide bonds. The van der Waals surface area contributed by atoms with Gasteiger partial charge in [-0.15, -0.1) is 0 Å². The number of hydrogen-bond donors (Lipinski definition) is 2. The molecule has 2 aliphatic heterocycles. The number of ether oxygens (including phenoxy) is 3. The highest BCUT2D eigenvalue weighted by Gasteiger charge is 2.20. The molecule has 1 unspecified atom stereocenters. The molecule has 2 atom stereocenters. The summed E-state index contributed by atoms with van der Waals surface area (Å²) in [7, 11) is 3.12. The molecule has 0 bridgehead atoms. The van der Waals surface area contributed by atoms with Crippen molar-refractivity contribution in [3.05, 3.63) is 52.7 Å². The molecule has 1 aromatic heterocycles. The number of methoxy groups -OCH3 is 1. The molecule has 2 aliphatic rings. The molecule has 210 valence electrons. The zero-order valence-electron chi connectivity index (χ0n) is 22.8. The van der Waals surface area contributed by atoms with Gasteiger partial charge in [0.05, 0.1) is 46.0 Å². The van der Waals surface area contributed by atoms with E-state index in [4.69, 9.17) is 30.3 Å². The number of anilines is 4. The van der Waals surface area contributed by atoms with Crippen LogP contribution >= 0.6 is 29.6 Å². The van der Waals surface area contributed by atoms with Crippen molar-refractivity contribution in [3.63, 3.8) is 0 Å². The lowest BCUT2D eigenvalue weighted by Gasteiger charge is -2.26. The number of rotatable bonds is 9. The molecule has 5 rings (SSSR count). The third-order valence-electron chi connectivity index (χ3n) is 6.39. The van der Waals surface area contributed by atoms with Crippen LogP contribution in [0.5, 0.6) is 17.2 Å². The summed E-state index contributed by atoms with van der Waals surface area (Å²) >= 11 is 6.50. The predicted octanol–water partition coefficient (Wildman–Crippen LogP) is 5.87. The van der Waals surface area contributed by atoms with Crippen molar-refractivity contribution in [2.24, 2.45) is 0 Å². The summed E-state index contributed by atoms with van der Waals surface area (Å²) in [4.78, 5) is 11.4. The molecule has 0 aliphatic carbocycles. The van der Waals surface area contributed by atoms with Crippen molar-refractivity contribution in [1.82, 2.24) is 14.9 Å². The highest BCUT2D eigenvalue weighted by Crippen LogP contribution is 2.40. The maximum atomic E-state index is 6.50. The van der Waals surface area contributed by atoms with Crippen molar-refractivity contribution in [2.45, 2.75) is 25.5 Å². The van der Waals surface area contributed by atoms with E-state index in [1.165, 1.54) is 11.1 Å². The van der Waals surface area contributed by atoms with E-state index in [0.29, 0.717) is 29.1 Å². The molecule has 0 spiro atoms. The second-order valence-corrected chi connectivity index (χ2v) is 11.8. The van der Waals surface area contributed by atoms with Gasteiger partial charge in [0, 0.05) is 25.6 Å². The Kier molecular flexibility index (Phi) is 10.1. The minimum atomic E-state index is -0.672. The van der Waals surface area contributed by atoms with Gasteiger partial charge < -0.3 is 34.3 Å². The minimum absolute atomic E-state index is 0. The van der Waals surface area contributed by atoms with E-state index in [9.17, 15) is 0 Å². The van der Waals surface area contributed by atoms with E-state index in [0.717, 1.165) is 55.4 Å². The molecule has 9 nitrogen and oxygen atoms in total. The Morgan fingerprint density at radius 2 is 1.95 bits per heavy atom. The van der Waals surface area contributed by atoms with Crippen LogP contribution in [0.4, 0.5) is 23.1 Å². The van der Waals surface area contributed by atoms with Crippen molar-refractivity contribution >= 4 is 52.8 Å². The molecule has 0 saturated carbocycles. The standard InChI is InChI=1S/C27H33ClN5O4P.H3P/c1-33-9-7-17-12-24(34-2)23(11-18(17)15-33)31-27-29-14-21(28)26(32-27)30-22-6-5-19(13-25(22)37-38(3)4)36-20-8-10-35-16-20;/h5-6,11-14,20H,7-10,15-16H2,1-4H3,(H2,29,30,31,32);1H3/t20-;/m0./s1. The number of likely N-dealkylation sites (N-methyl/N-ethyl adjacent to an activating group) is 1. The number of aromatic nitrogens is 2. The molecule has 1 fully saturated rings. The summed E-state index contributed by atoms with van der Waals surface area (Å²) < 4.78 is 23.3. The zero-order chi connectivity index (χ0) is 26.6. The van der Waals surface area contributed by atoms with Gasteiger partial charge in [-0.2, -0.15) is 14.9 Å². The maximum Gasteiger partial charge on any atom is 0.229 e. The van der Waals surface area contributed by atoms with Crippen LogP contribution in [0.2, 0.25) is 5.02 Å². The van der Waals surface area contributed by atoms with Crippen molar-refractivity contribution < 1.29 is 18.7 Å². The average Bonchev–Trinajstić information content (AvgIpc) is 3.40. The van der Waals surface area contributed by atoms with E-state index in [1.807, 2.05) is 31.5 Å². The fourth-order valence-electron chi connectivity index (χ4n) is 4.51. The van der Waals surface area contributed by atoms with Crippen LogP contribution in [0, 0.1) is 0 Å². The Morgan fingerprint density at radius 1 is 1.10 bits per heavy atom. The van der Waals surface area contributed by atoms with Gasteiger partial charge in [-0.1, -0.05) is 11.6 Å². The second-order valence-electron chi connectivity index (χ2n) is 9.61. The first-order chi connectivity index (χ1) is 18.4. The third kappa shape index (κ3) is 7.41. The summed E-state index contributed by atoms with van der Waals surface area (Å²) in [6.45, 7) is 7.32. The Morgan fingerprint density at radius 3 is 2.69 bits per heavy atom. The first-order valence-electron chi connectivity index (χ1n) is 12.6. The van der Waals surface area contributed by atoms with Crippen LogP contribution in [0.15, 0.2) is 36.5 Å². The van der Waals surface area contributed by atoms with Gasteiger partial charge >= 0.3 is 0 Å². The first kappa shape index (κ1) is 29.6. The smallest absolute Gasteiger partial charge is 0.229 e. The summed E-state index contributed by atoms with van der Waals surface area (Å²) in [6.07, 6.45) is 3.50. The molecule has 39 heavy (non-hydrogen) atoms. The number of benzene rings is 2. The summed E-state index contributed by atoms with van der Waals surface area (Å²) in [5.41, 5.74) is 4.10. The van der Waals surface area contributed by atoms with E-state index >= 15 is 0 Å². The molecule has 0 radical (unpaired) electrons. The molecule has 2 aromatic carbocycles. The van der Waals surface area contributed by atoms with Gasteiger partial charge in [-0.25, -0.2) is 4.98 Å². The number of nitrogens with one attached hydrogen (secondary N) is 2. The third-order valence-corrected chi connectivity index (χ3v) is 7.23. The largest absolute Gasteiger partial charge is 0.495 e. The summed E-state index contributed by atoms with van der Waals surface area (Å²) in [5, 5.41) is 7.02. The van der Waals surface area contributed by atoms with Gasteiger partial charge in [0.2, 0.25) is 5.95 Å². The number of hydrogen-bond acceptors (Lipinski definition) is 9. The molecular formula is C27H36ClN5O4P2. The molecule has 2 N–H and O–H groups in total. The SMILES string of the molecule is COc1cc2c(cc1Nc1ncc(Cl)c(Nc3ccc(O[C@H]4CCOC4)cc3OP(C)C)n1)CN(C)CC2.P. The number of nitrogens with zero attached hydrogens (tertiary/aromatic N) is 3. The second kappa shape index (κ2) is 13.3. The lowest BCUT2D eigenvalue weighted by atomic mass is 9.99. The molecular weight excluding hydrogens is 556 g/mol. The van der Waals surface area contributed by atoms with Crippen LogP contribution in [-0.4, -0.2) is 68.2 Å². The number of fused-ring (bicyclic) bond motifs is 1. The first-order valence-corrected chi connectivity index (χ1v) is 15.1. The van der Waals surface area contributed by atoms with Gasteiger partial charge in [0.25, 0.3) is 0 Å². The van der Waals surface area contributed by atoms with Crippen LogP contribution in [0.25, 0.3) is 0 Å². The van der Waals surface area contributed by atoms with Crippen molar-refractivity contribution in [1.29, 1.82) is 0 Å². The van der Waals surface area contributed by atoms with Crippen LogP contribution in [0.1, 0.15) is 17.5 Å². The zero-order valence-corrected chi connectivity index (χ0v) is 25.9.